The van der Waals surface area contributed by atoms with Gasteiger partial charge in [0.1, 0.15) is 0 Å². The Hall–Kier alpha value is -2.97. The summed E-state index contributed by atoms with van der Waals surface area (Å²) in [4.78, 5) is 61.3. The summed E-state index contributed by atoms with van der Waals surface area (Å²) in [6, 6.07) is 1.67. The minimum Gasteiger partial charge on any atom is -0.339 e. The molecule has 3 heterocycles. The Morgan fingerprint density at radius 1 is 1.13 bits per heavy atom. The average Bonchev–Trinajstić information content (AvgIpc) is 2.71. The van der Waals surface area contributed by atoms with E-state index in [4.69, 9.17) is 0 Å². The number of hydrogen-bond donors (Lipinski definition) is 1. The molecule has 9 nitrogen and oxygen atoms in total. The van der Waals surface area contributed by atoms with Crippen LogP contribution in [0.15, 0.2) is 15.7 Å². The molecule has 0 atom stereocenters. The van der Waals surface area contributed by atoms with Crippen molar-refractivity contribution < 1.29 is 9.59 Å². The van der Waals surface area contributed by atoms with Crippen molar-refractivity contribution >= 4 is 22.8 Å². The number of nitrogens with one attached hydrogen (secondary N) is 1. The molecule has 0 bridgehead atoms. The molecule has 4 rings (SSSR count). The van der Waals surface area contributed by atoms with Gasteiger partial charge in [-0.25, -0.2) is 9.78 Å². The summed E-state index contributed by atoms with van der Waals surface area (Å²) in [5.41, 5.74) is 0.0203. The van der Waals surface area contributed by atoms with Crippen LogP contribution >= 0.6 is 0 Å². The van der Waals surface area contributed by atoms with Crippen LogP contribution in [-0.4, -0.2) is 62.3 Å². The molecule has 2 aromatic rings. The minimum atomic E-state index is -0.602. The van der Waals surface area contributed by atoms with Crippen molar-refractivity contribution in [2.45, 2.75) is 52.5 Å². The third-order valence-electron chi connectivity index (χ3n) is 6.44. The van der Waals surface area contributed by atoms with E-state index in [1.165, 1.54) is 4.57 Å². The van der Waals surface area contributed by atoms with E-state index in [-0.39, 0.29) is 40.2 Å². The topological polar surface area (TPSA) is 108 Å². The number of amides is 2. The number of aromatic amines is 1. The van der Waals surface area contributed by atoms with E-state index >= 15 is 0 Å². The first-order chi connectivity index (χ1) is 14.8. The maximum absolute atomic E-state index is 13.5. The van der Waals surface area contributed by atoms with Gasteiger partial charge in [-0.1, -0.05) is 20.3 Å². The number of H-pyrrole nitrogens is 1. The molecular weight excluding hydrogens is 398 g/mol. The highest BCUT2D eigenvalue weighted by molar-refractivity contribution is 6.05. The van der Waals surface area contributed by atoms with Crippen LogP contribution in [0.5, 0.6) is 0 Å². The fourth-order valence-electron chi connectivity index (χ4n) is 4.26. The Labute approximate surface area is 180 Å². The van der Waals surface area contributed by atoms with Gasteiger partial charge in [0, 0.05) is 44.3 Å². The van der Waals surface area contributed by atoms with E-state index < -0.39 is 11.2 Å². The molecule has 2 aromatic heterocycles. The van der Waals surface area contributed by atoms with Gasteiger partial charge in [0.15, 0.2) is 5.65 Å². The number of pyridine rings is 1. The largest absolute Gasteiger partial charge is 0.339 e. The zero-order chi connectivity index (χ0) is 22.3. The molecule has 1 aliphatic carbocycles. The number of fused-ring (bicyclic) bond motifs is 1. The first-order valence-corrected chi connectivity index (χ1v) is 11.1. The molecule has 0 unspecified atom stereocenters. The molecule has 2 amide bonds. The molecule has 1 saturated heterocycles. The Morgan fingerprint density at radius 2 is 1.77 bits per heavy atom. The van der Waals surface area contributed by atoms with Gasteiger partial charge in [0.25, 0.3) is 11.5 Å². The highest BCUT2D eigenvalue weighted by Gasteiger charge is 2.33. The van der Waals surface area contributed by atoms with Crippen LogP contribution in [0.4, 0.5) is 0 Å². The summed E-state index contributed by atoms with van der Waals surface area (Å²) >= 11 is 0. The van der Waals surface area contributed by atoms with Crippen LogP contribution in [0.1, 0.15) is 62.0 Å². The number of aryl methyl sites for hydroxylation is 1. The van der Waals surface area contributed by atoms with Crippen LogP contribution in [0.2, 0.25) is 0 Å². The fraction of sp³-hybridized carbons (Fsp3) is 0.591. The highest BCUT2D eigenvalue weighted by Crippen LogP contribution is 2.29. The Balaban J connectivity index is 1.68. The van der Waals surface area contributed by atoms with Gasteiger partial charge in [0.05, 0.1) is 10.9 Å². The zero-order valence-electron chi connectivity index (χ0n) is 18.3. The molecule has 9 heteroatoms. The van der Waals surface area contributed by atoms with E-state index in [2.05, 4.69) is 9.97 Å². The number of hydrogen-bond acceptors (Lipinski definition) is 5. The second kappa shape index (κ2) is 8.28. The molecule has 31 heavy (non-hydrogen) atoms. The average molecular weight is 428 g/mol. The third-order valence-corrected chi connectivity index (χ3v) is 6.44. The lowest BCUT2D eigenvalue weighted by Gasteiger charge is -2.38. The van der Waals surface area contributed by atoms with Crippen molar-refractivity contribution in [1.29, 1.82) is 0 Å². The number of carbonyl (C=O) groups excluding carboxylic acids is 2. The molecule has 0 radical (unpaired) electrons. The van der Waals surface area contributed by atoms with Crippen molar-refractivity contribution in [3.63, 3.8) is 0 Å². The van der Waals surface area contributed by atoms with Crippen molar-refractivity contribution in [2.24, 2.45) is 5.92 Å². The summed E-state index contributed by atoms with van der Waals surface area (Å²) in [5, 5.41) is 0.142. The lowest BCUT2D eigenvalue weighted by Crippen LogP contribution is -2.52. The Kier molecular flexibility index (Phi) is 5.68. The molecule has 1 N–H and O–H groups in total. The van der Waals surface area contributed by atoms with Gasteiger partial charge < -0.3 is 9.80 Å². The summed E-state index contributed by atoms with van der Waals surface area (Å²) in [5.74, 6) is 0.0898. The zero-order valence-corrected chi connectivity index (χ0v) is 18.3. The maximum atomic E-state index is 13.5. The van der Waals surface area contributed by atoms with Crippen molar-refractivity contribution in [1.82, 2.24) is 24.3 Å². The van der Waals surface area contributed by atoms with Crippen LogP contribution in [0.25, 0.3) is 11.0 Å². The molecule has 1 saturated carbocycles. The maximum Gasteiger partial charge on any atom is 0.329 e. The summed E-state index contributed by atoms with van der Waals surface area (Å²) in [6.07, 6.45) is 3.03. The predicted octanol–water partition coefficient (Wildman–Crippen LogP) is 1.31. The molecule has 0 spiro atoms. The SMILES string of the molecule is CCn1c(=O)[nH]c(=O)c2c(C(=O)N3CCN(C(=O)C4CCC4)CC3)cc(C(C)C)nc21. The van der Waals surface area contributed by atoms with E-state index in [0.717, 1.165) is 19.3 Å². The molecule has 1 aliphatic heterocycles. The lowest BCUT2D eigenvalue weighted by atomic mass is 9.84. The predicted molar refractivity (Wildman–Crippen MR) is 116 cm³/mol. The lowest BCUT2D eigenvalue weighted by molar-refractivity contribution is -0.139. The van der Waals surface area contributed by atoms with Crippen LogP contribution in [-0.2, 0) is 11.3 Å². The Bertz CT molecular complexity index is 1140. The van der Waals surface area contributed by atoms with E-state index in [1.807, 2.05) is 18.7 Å². The first-order valence-electron chi connectivity index (χ1n) is 11.1. The third kappa shape index (κ3) is 3.77. The highest BCUT2D eigenvalue weighted by atomic mass is 16.2. The standard InChI is InChI=1S/C22H29N5O4/c1-4-27-18-17(19(28)24-22(27)31)15(12-16(23-18)13(2)3)21(30)26-10-8-25(9-11-26)20(29)14-6-5-7-14/h12-14H,4-11H2,1-3H3,(H,24,28,31). The van der Waals surface area contributed by atoms with E-state index in [1.54, 1.807) is 17.9 Å². The number of nitrogens with zero attached hydrogens (tertiary/aromatic N) is 4. The quantitative estimate of drug-likeness (QED) is 0.792. The van der Waals surface area contributed by atoms with Gasteiger partial charge in [-0.3, -0.25) is 23.9 Å². The van der Waals surface area contributed by atoms with Gasteiger partial charge in [-0.15, -0.1) is 0 Å². The summed E-state index contributed by atoms with van der Waals surface area (Å²) in [6.45, 7) is 7.86. The number of aromatic nitrogens is 3. The normalized spacial score (nSPS) is 17.3. The van der Waals surface area contributed by atoms with Gasteiger partial charge in [-0.2, -0.15) is 0 Å². The van der Waals surface area contributed by atoms with Crippen molar-refractivity contribution in [3.05, 3.63) is 38.2 Å². The smallest absolute Gasteiger partial charge is 0.329 e. The van der Waals surface area contributed by atoms with E-state index in [9.17, 15) is 19.2 Å². The van der Waals surface area contributed by atoms with E-state index in [0.29, 0.717) is 38.4 Å². The second-order valence-corrected chi connectivity index (χ2v) is 8.70. The Morgan fingerprint density at radius 3 is 2.32 bits per heavy atom. The molecular formula is C22H29N5O4. The van der Waals surface area contributed by atoms with Crippen molar-refractivity contribution in [2.75, 3.05) is 26.2 Å². The molecule has 2 aliphatic rings. The van der Waals surface area contributed by atoms with Crippen LogP contribution in [0.3, 0.4) is 0 Å². The first kappa shape index (κ1) is 21.3. The van der Waals surface area contributed by atoms with Gasteiger partial charge >= 0.3 is 5.69 Å². The molecule has 0 aromatic carbocycles. The monoisotopic (exact) mass is 427 g/mol. The number of piperazine rings is 1. The fourth-order valence-corrected chi connectivity index (χ4v) is 4.26. The summed E-state index contributed by atoms with van der Waals surface area (Å²) < 4.78 is 1.38. The van der Waals surface area contributed by atoms with Crippen molar-refractivity contribution in [3.8, 4) is 0 Å². The van der Waals surface area contributed by atoms with Crippen LogP contribution in [0, 0.1) is 5.92 Å². The summed E-state index contributed by atoms with van der Waals surface area (Å²) in [7, 11) is 0. The minimum absolute atomic E-state index is 0.0209. The van der Waals surface area contributed by atoms with Crippen LogP contribution < -0.4 is 11.2 Å². The number of rotatable bonds is 4. The van der Waals surface area contributed by atoms with Gasteiger partial charge in [0.2, 0.25) is 5.91 Å². The second-order valence-electron chi connectivity index (χ2n) is 8.70. The number of carbonyl (C=O) groups is 2. The van der Waals surface area contributed by atoms with Gasteiger partial charge in [-0.05, 0) is 31.7 Å². The molecule has 2 fully saturated rings. The molecule has 166 valence electrons.